The van der Waals surface area contributed by atoms with Crippen LogP contribution in [0.1, 0.15) is 15.9 Å². The lowest BCUT2D eigenvalue weighted by Crippen LogP contribution is -2.04. The Kier molecular flexibility index (Phi) is 5.39. The van der Waals surface area contributed by atoms with Gasteiger partial charge in [0.1, 0.15) is 5.82 Å². The number of nitrogens with zero attached hydrogens (tertiary/aromatic N) is 4. The fraction of sp³-hybridized carbons (Fsp3) is 0.0455. The van der Waals surface area contributed by atoms with Gasteiger partial charge >= 0.3 is 5.97 Å². The number of carboxylic acid groups (broad SMARTS) is 1. The fourth-order valence-corrected chi connectivity index (χ4v) is 3.08. The van der Waals surface area contributed by atoms with Gasteiger partial charge in [0, 0.05) is 42.2 Å². The maximum Gasteiger partial charge on any atom is 0.335 e. The third kappa shape index (κ3) is 4.40. The number of hydrogen-bond donors (Lipinski definition) is 2. The van der Waals surface area contributed by atoms with Gasteiger partial charge < -0.3 is 10.4 Å². The molecule has 0 saturated heterocycles. The monoisotopic (exact) mass is 415 g/mol. The molecular formula is C22H17N5O4. The van der Waals surface area contributed by atoms with Gasteiger partial charge in [0.05, 0.1) is 21.9 Å². The molecule has 0 atom stereocenters. The van der Waals surface area contributed by atoms with Crippen molar-refractivity contribution in [2.75, 3.05) is 5.32 Å². The first-order valence-corrected chi connectivity index (χ1v) is 9.33. The summed E-state index contributed by atoms with van der Waals surface area (Å²) < 4.78 is 1.73. The van der Waals surface area contributed by atoms with Crippen molar-refractivity contribution in [3.05, 3.63) is 100 Å². The molecule has 2 heterocycles. The summed E-state index contributed by atoms with van der Waals surface area (Å²) in [7, 11) is 0. The number of para-hydroxylation sites is 1. The fourth-order valence-electron chi connectivity index (χ4n) is 3.08. The number of carboxylic acids is 1. The Morgan fingerprint density at radius 2 is 1.84 bits per heavy atom. The van der Waals surface area contributed by atoms with Crippen LogP contribution in [0.2, 0.25) is 0 Å². The van der Waals surface area contributed by atoms with Gasteiger partial charge in [-0.1, -0.05) is 18.2 Å². The highest BCUT2D eigenvalue weighted by Gasteiger charge is 2.14. The van der Waals surface area contributed by atoms with Crippen molar-refractivity contribution in [3.8, 4) is 16.9 Å². The minimum Gasteiger partial charge on any atom is -0.478 e. The van der Waals surface area contributed by atoms with E-state index in [2.05, 4.69) is 15.4 Å². The third-order valence-electron chi connectivity index (χ3n) is 4.63. The number of nitro benzene ring substituents is 1. The lowest BCUT2D eigenvalue weighted by Gasteiger charge is -2.06. The number of aromatic carboxylic acids is 1. The molecular weight excluding hydrogens is 398 g/mol. The second kappa shape index (κ2) is 8.46. The van der Waals surface area contributed by atoms with Crippen molar-refractivity contribution in [3.63, 3.8) is 0 Å². The van der Waals surface area contributed by atoms with Crippen LogP contribution in [0.15, 0.2) is 79.1 Å². The SMILES string of the molecule is O=C(O)c1ccnc(NCc2cn(-c3ccccc3)nc2-c2ccc([N+](=O)[O-])cc2)c1. The molecule has 2 aromatic heterocycles. The zero-order valence-electron chi connectivity index (χ0n) is 16.2. The topological polar surface area (TPSA) is 123 Å². The predicted octanol–water partition coefficient (Wildman–Crippen LogP) is 4.15. The predicted molar refractivity (Wildman–Crippen MR) is 114 cm³/mol. The molecule has 9 heteroatoms. The van der Waals surface area contributed by atoms with Gasteiger partial charge in [0.15, 0.2) is 0 Å². The van der Waals surface area contributed by atoms with E-state index in [1.54, 1.807) is 16.8 Å². The van der Waals surface area contributed by atoms with Gasteiger partial charge in [0.25, 0.3) is 5.69 Å². The maximum atomic E-state index is 11.2. The molecule has 0 spiro atoms. The number of pyridine rings is 1. The van der Waals surface area contributed by atoms with Gasteiger partial charge in [-0.3, -0.25) is 10.1 Å². The van der Waals surface area contributed by atoms with Crippen molar-refractivity contribution in [1.82, 2.24) is 14.8 Å². The molecule has 2 N–H and O–H groups in total. The number of aromatic nitrogens is 3. The van der Waals surface area contributed by atoms with Crippen LogP contribution in [0, 0.1) is 10.1 Å². The summed E-state index contributed by atoms with van der Waals surface area (Å²) >= 11 is 0. The first-order valence-electron chi connectivity index (χ1n) is 9.33. The van der Waals surface area contributed by atoms with E-state index < -0.39 is 10.9 Å². The van der Waals surface area contributed by atoms with E-state index in [1.807, 2.05) is 36.5 Å². The zero-order valence-corrected chi connectivity index (χ0v) is 16.2. The molecule has 154 valence electrons. The second-order valence-corrected chi connectivity index (χ2v) is 6.68. The smallest absolute Gasteiger partial charge is 0.335 e. The average molecular weight is 415 g/mol. The number of nitro groups is 1. The first-order chi connectivity index (χ1) is 15.0. The van der Waals surface area contributed by atoms with E-state index in [4.69, 9.17) is 5.11 Å². The van der Waals surface area contributed by atoms with Crippen LogP contribution in [0.3, 0.4) is 0 Å². The zero-order chi connectivity index (χ0) is 21.8. The van der Waals surface area contributed by atoms with Gasteiger partial charge in [-0.2, -0.15) is 5.10 Å². The van der Waals surface area contributed by atoms with E-state index in [0.717, 1.165) is 16.8 Å². The van der Waals surface area contributed by atoms with Gasteiger partial charge in [0.2, 0.25) is 0 Å². The Hall–Kier alpha value is -4.53. The van der Waals surface area contributed by atoms with Crippen LogP contribution in [0.25, 0.3) is 16.9 Å². The summed E-state index contributed by atoms with van der Waals surface area (Å²) in [6.45, 7) is 0.329. The Morgan fingerprint density at radius 1 is 1.10 bits per heavy atom. The summed E-state index contributed by atoms with van der Waals surface area (Å²) in [6.07, 6.45) is 3.29. The van der Waals surface area contributed by atoms with Gasteiger partial charge in [-0.05, 0) is 36.4 Å². The molecule has 9 nitrogen and oxygen atoms in total. The molecule has 0 unspecified atom stereocenters. The minimum atomic E-state index is -1.03. The van der Waals surface area contributed by atoms with Crippen LogP contribution in [-0.2, 0) is 6.54 Å². The highest BCUT2D eigenvalue weighted by molar-refractivity contribution is 5.88. The van der Waals surface area contributed by atoms with Crippen LogP contribution < -0.4 is 5.32 Å². The minimum absolute atomic E-state index is 0.000558. The number of hydrogen-bond acceptors (Lipinski definition) is 6. The van der Waals surface area contributed by atoms with E-state index in [1.165, 1.54) is 30.5 Å². The number of anilines is 1. The standard InChI is InChI=1S/C22H17N5O4/c28-22(29)16-10-11-23-20(12-16)24-13-17-14-26(18-4-2-1-3-5-18)25-21(17)15-6-8-19(9-7-15)27(30)31/h1-12,14H,13H2,(H,23,24)(H,28,29). The van der Waals surface area contributed by atoms with E-state index >= 15 is 0 Å². The van der Waals surface area contributed by atoms with Crippen LogP contribution in [0.4, 0.5) is 11.5 Å². The molecule has 0 bridgehead atoms. The highest BCUT2D eigenvalue weighted by atomic mass is 16.6. The molecule has 0 aliphatic heterocycles. The number of carbonyl (C=O) groups is 1. The largest absolute Gasteiger partial charge is 0.478 e. The Morgan fingerprint density at radius 3 is 2.52 bits per heavy atom. The molecule has 0 radical (unpaired) electrons. The summed E-state index contributed by atoms with van der Waals surface area (Å²) in [5.41, 5.74) is 3.20. The normalized spacial score (nSPS) is 10.6. The third-order valence-corrected chi connectivity index (χ3v) is 4.63. The summed E-state index contributed by atoms with van der Waals surface area (Å²) in [5, 5.41) is 27.9. The van der Waals surface area contributed by atoms with Crippen LogP contribution in [-0.4, -0.2) is 30.8 Å². The average Bonchev–Trinajstić information content (AvgIpc) is 3.23. The Labute approximate surface area is 176 Å². The van der Waals surface area contributed by atoms with Crippen molar-refractivity contribution in [2.45, 2.75) is 6.54 Å². The molecule has 4 aromatic rings. The second-order valence-electron chi connectivity index (χ2n) is 6.68. The summed E-state index contributed by atoms with van der Waals surface area (Å²) in [6, 6.07) is 18.6. The summed E-state index contributed by atoms with van der Waals surface area (Å²) in [5.74, 6) is -0.615. The molecule has 0 saturated carbocycles. The molecule has 0 amide bonds. The van der Waals surface area contributed by atoms with Crippen LogP contribution in [0.5, 0.6) is 0 Å². The van der Waals surface area contributed by atoms with Gasteiger partial charge in [-0.25, -0.2) is 14.5 Å². The van der Waals surface area contributed by atoms with Crippen molar-refractivity contribution in [2.24, 2.45) is 0 Å². The van der Waals surface area contributed by atoms with E-state index in [-0.39, 0.29) is 11.3 Å². The lowest BCUT2D eigenvalue weighted by molar-refractivity contribution is -0.384. The number of nitrogens with one attached hydrogen (secondary N) is 1. The molecule has 31 heavy (non-hydrogen) atoms. The van der Waals surface area contributed by atoms with E-state index in [0.29, 0.717) is 18.1 Å². The number of non-ortho nitro benzene ring substituents is 1. The molecule has 0 fully saturated rings. The van der Waals surface area contributed by atoms with Crippen molar-refractivity contribution >= 4 is 17.5 Å². The number of benzene rings is 2. The molecule has 0 aliphatic rings. The van der Waals surface area contributed by atoms with Crippen molar-refractivity contribution < 1.29 is 14.8 Å². The summed E-state index contributed by atoms with van der Waals surface area (Å²) in [4.78, 5) is 25.9. The molecule has 4 rings (SSSR count). The Balaban J connectivity index is 1.68. The van der Waals surface area contributed by atoms with Crippen molar-refractivity contribution in [1.29, 1.82) is 0 Å². The first kappa shape index (κ1) is 19.8. The quantitative estimate of drug-likeness (QED) is 0.343. The van der Waals surface area contributed by atoms with Gasteiger partial charge in [-0.15, -0.1) is 0 Å². The van der Waals surface area contributed by atoms with Crippen LogP contribution >= 0.6 is 0 Å². The Bertz CT molecular complexity index is 1240. The highest BCUT2D eigenvalue weighted by Crippen LogP contribution is 2.26. The van der Waals surface area contributed by atoms with E-state index in [9.17, 15) is 14.9 Å². The molecule has 2 aromatic carbocycles. The maximum absolute atomic E-state index is 11.2. The number of rotatable bonds is 7. The lowest BCUT2D eigenvalue weighted by atomic mass is 10.1. The molecule has 0 aliphatic carbocycles.